The van der Waals surface area contributed by atoms with E-state index >= 15 is 0 Å². The first-order valence-corrected chi connectivity index (χ1v) is 8.29. The first-order chi connectivity index (χ1) is 9.86. The predicted octanol–water partition coefficient (Wildman–Crippen LogP) is 0.776. The smallest absolute Gasteiger partial charge is 0.289 e. The molecule has 0 spiro atoms. The molecule has 1 unspecified atom stereocenters. The van der Waals surface area contributed by atoms with E-state index in [1.165, 1.54) is 26.2 Å². The van der Waals surface area contributed by atoms with Crippen LogP contribution in [0.4, 0.5) is 0 Å². The summed E-state index contributed by atoms with van der Waals surface area (Å²) in [6.45, 7) is 1.26. The molecule has 0 saturated carbocycles. The number of furan rings is 1. The van der Waals surface area contributed by atoms with Crippen molar-refractivity contribution >= 4 is 28.3 Å². The number of carbonyl (C=O) groups is 1. The number of halogens is 1. The van der Waals surface area contributed by atoms with Crippen LogP contribution in [-0.2, 0) is 10.0 Å². The van der Waals surface area contributed by atoms with Gasteiger partial charge in [-0.05, 0) is 32.0 Å². The fourth-order valence-electron chi connectivity index (χ4n) is 2.31. The summed E-state index contributed by atoms with van der Waals surface area (Å²) in [6.07, 6.45) is 1.94. The van der Waals surface area contributed by atoms with Crippen LogP contribution in [0.1, 0.15) is 23.4 Å². The Kier molecular flexibility index (Phi) is 6.42. The van der Waals surface area contributed by atoms with Gasteiger partial charge in [-0.1, -0.05) is 0 Å². The molecule has 1 amide bonds. The number of likely N-dealkylation sites (N-methyl/N-ethyl adjacent to an activating group) is 1. The minimum absolute atomic E-state index is 0. The van der Waals surface area contributed by atoms with Crippen molar-refractivity contribution in [3.8, 4) is 0 Å². The van der Waals surface area contributed by atoms with Crippen LogP contribution >= 0.6 is 12.4 Å². The Bertz CT molecular complexity index is 615. The van der Waals surface area contributed by atoms with E-state index in [-0.39, 0.29) is 35.2 Å². The van der Waals surface area contributed by atoms with Gasteiger partial charge in [-0.3, -0.25) is 4.79 Å². The molecule has 0 radical (unpaired) electrons. The highest BCUT2D eigenvalue weighted by Gasteiger charge is 2.28. The number of piperidine rings is 1. The van der Waals surface area contributed by atoms with E-state index in [4.69, 9.17) is 4.42 Å². The SMILES string of the molecule is CNC1CCCN(C(=O)c2ccc(S(=O)(=O)N(C)C)o2)C1.Cl. The van der Waals surface area contributed by atoms with Crippen molar-refractivity contribution in [2.24, 2.45) is 0 Å². The molecular weight excluding hydrogens is 330 g/mol. The third-order valence-corrected chi connectivity index (χ3v) is 5.33. The highest BCUT2D eigenvalue weighted by molar-refractivity contribution is 7.88. The number of rotatable bonds is 4. The van der Waals surface area contributed by atoms with Gasteiger partial charge in [0.2, 0.25) is 5.09 Å². The van der Waals surface area contributed by atoms with E-state index in [2.05, 4.69) is 5.32 Å². The van der Waals surface area contributed by atoms with Gasteiger partial charge in [0.05, 0.1) is 0 Å². The summed E-state index contributed by atoms with van der Waals surface area (Å²) in [4.78, 5) is 14.1. The lowest BCUT2D eigenvalue weighted by Gasteiger charge is -2.31. The molecule has 2 rings (SSSR count). The van der Waals surface area contributed by atoms with E-state index in [0.717, 1.165) is 17.1 Å². The van der Waals surface area contributed by atoms with Gasteiger partial charge in [0.25, 0.3) is 15.9 Å². The van der Waals surface area contributed by atoms with Gasteiger partial charge in [0, 0.05) is 33.2 Å². The molecule has 1 aliphatic heterocycles. The van der Waals surface area contributed by atoms with Gasteiger partial charge in [-0.15, -0.1) is 12.4 Å². The molecule has 1 fully saturated rings. The van der Waals surface area contributed by atoms with Crippen molar-refractivity contribution in [1.29, 1.82) is 0 Å². The van der Waals surface area contributed by atoms with Crippen LogP contribution in [0.3, 0.4) is 0 Å². The number of hydrogen-bond donors (Lipinski definition) is 1. The molecule has 1 aliphatic rings. The van der Waals surface area contributed by atoms with E-state index in [1.54, 1.807) is 4.90 Å². The molecule has 1 aromatic heterocycles. The Morgan fingerprint density at radius 1 is 1.41 bits per heavy atom. The molecule has 0 aromatic carbocycles. The quantitative estimate of drug-likeness (QED) is 0.866. The van der Waals surface area contributed by atoms with Crippen LogP contribution < -0.4 is 5.32 Å². The summed E-state index contributed by atoms with van der Waals surface area (Å²) in [6, 6.07) is 3.01. The average Bonchev–Trinajstić information content (AvgIpc) is 2.96. The first-order valence-electron chi connectivity index (χ1n) is 6.85. The molecule has 1 atom stereocenters. The van der Waals surface area contributed by atoms with Crippen LogP contribution in [0, 0.1) is 0 Å². The second-order valence-electron chi connectivity index (χ2n) is 5.29. The van der Waals surface area contributed by atoms with Crippen molar-refractivity contribution in [1.82, 2.24) is 14.5 Å². The minimum atomic E-state index is -3.65. The Hall–Kier alpha value is -1.09. The summed E-state index contributed by atoms with van der Waals surface area (Å²) >= 11 is 0. The van der Waals surface area contributed by atoms with Gasteiger partial charge in [-0.2, -0.15) is 0 Å². The molecule has 126 valence electrons. The maximum Gasteiger partial charge on any atom is 0.289 e. The molecule has 9 heteroatoms. The number of hydrogen-bond acceptors (Lipinski definition) is 5. The lowest BCUT2D eigenvalue weighted by molar-refractivity contribution is 0.0660. The third-order valence-electron chi connectivity index (χ3n) is 3.64. The van der Waals surface area contributed by atoms with E-state index in [1.807, 2.05) is 7.05 Å². The molecule has 0 bridgehead atoms. The molecular formula is C13H22ClN3O4S. The van der Waals surface area contributed by atoms with Gasteiger partial charge >= 0.3 is 0 Å². The predicted molar refractivity (Wildman–Crippen MR) is 84.8 cm³/mol. The normalized spacial score (nSPS) is 19.1. The second-order valence-corrected chi connectivity index (χ2v) is 7.37. The van der Waals surface area contributed by atoms with Crippen molar-refractivity contribution in [2.75, 3.05) is 34.2 Å². The fourth-order valence-corrected chi connectivity index (χ4v) is 3.10. The largest absolute Gasteiger partial charge is 0.438 e. The standard InChI is InChI=1S/C13H21N3O4S.ClH/c1-14-10-5-4-8-16(9-10)13(17)11-6-7-12(20-11)21(18,19)15(2)3;/h6-7,10,14H,4-5,8-9H2,1-3H3;1H. The van der Waals surface area contributed by atoms with Crippen LogP contribution in [0.15, 0.2) is 21.6 Å². The summed E-state index contributed by atoms with van der Waals surface area (Å²) < 4.78 is 30.2. The lowest BCUT2D eigenvalue weighted by Crippen LogP contribution is -2.46. The van der Waals surface area contributed by atoms with Crippen molar-refractivity contribution < 1.29 is 17.6 Å². The molecule has 7 nitrogen and oxygen atoms in total. The fraction of sp³-hybridized carbons (Fsp3) is 0.615. The Morgan fingerprint density at radius 2 is 2.09 bits per heavy atom. The highest BCUT2D eigenvalue weighted by Crippen LogP contribution is 2.20. The summed E-state index contributed by atoms with van der Waals surface area (Å²) in [5.74, 6) is -0.206. The Balaban J connectivity index is 0.00000242. The molecule has 1 saturated heterocycles. The number of nitrogens with zero attached hydrogens (tertiary/aromatic N) is 2. The number of nitrogens with one attached hydrogen (secondary N) is 1. The summed E-state index contributed by atoms with van der Waals surface area (Å²) in [5.41, 5.74) is 0. The Labute approximate surface area is 137 Å². The zero-order valence-electron chi connectivity index (χ0n) is 12.9. The topological polar surface area (TPSA) is 82.9 Å². The molecule has 22 heavy (non-hydrogen) atoms. The highest BCUT2D eigenvalue weighted by atomic mass is 35.5. The second kappa shape index (κ2) is 7.45. The van der Waals surface area contributed by atoms with Gasteiger partial charge in [-0.25, -0.2) is 12.7 Å². The van der Waals surface area contributed by atoms with Gasteiger partial charge in [0.15, 0.2) is 5.76 Å². The lowest BCUT2D eigenvalue weighted by atomic mass is 10.1. The molecule has 0 aliphatic carbocycles. The molecule has 1 N–H and O–H groups in total. The number of likely N-dealkylation sites (tertiary alicyclic amines) is 1. The van der Waals surface area contributed by atoms with E-state index in [0.29, 0.717) is 13.1 Å². The zero-order valence-corrected chi connectivity index (χ0v) is 14.5. The van der Waals surface area contributed by atoms with Crippen LogP contribution in [0.25, 0.3) is 0 Å². The summed E-state index contributed by atoms with van der Waals surface area (Å²) in [5, 5.41) is 2.95. The van der Waals surface area contributed by atoms with Crippen molar-refractivity contribution in [3.05, 3.63) is 17.9 Å². The van der Waals surface area contributed by atoms with E-state index < -0.39 is 10.0 Å². The molecule has 2 heterocycles. The number of carbonyl (C=O) groups excluding carboxylic acids is 1. The molecule has 1 aromatic rings. The maximum absolute atomic E-state index is 12.4. The van der Waals surface area contributed by atoms with Crippen LogP contribution in [-0.4, -0.2) is 63.8 Å². The summed E-state index contributed by atoms with van der Waals surface area (Å²) in [7, 11) is 1.05. The van der Waals surface area contributed by atoms with Crippen molar-refractivity contribution in [3.63, 3.8) is 0 Å². The van der Waals surface area contributed by atoms with Crippen LogP contribution in [0.5, 0.6) is 0 Å². The number of amides is 1. The van der Waals surface area contributed by atoms with E-state index in [9.17, 15) is 13.2 Å². The van der Waals surface area contributed by atoms with Crippen LogP contribution in [0.2, 0.25) is 0 Å². The Morgan fingerprint density at radius 3 is 2.68 bits per heavy atom. The van der Waals surface area contributed by atoms with Gasteiger partial charge < -0.3 is 14.6 Å². The third kappa shape index (κ3) is 3.81. The number of sulfonamides is 1. The average molecular weight is 352 g/mol. The van der Waals surface area contributed by atoms with Crippen molar-refractivity contribution in [2.45, 2.75) is 24.0 Å². The maximum atomic E-state index is 12.4. The monoisotopic (exact) mass is 351 g/mol. The van der Waals surface area contributed by atoms with Gasteiger partial charge in [0.1, 0.15) is 0 Å². The first kappa shape index (κ1) is 19.0. The minimum Gasteiger partial charge on any atom is -0.438 e. The zero-order chi connectivity index (χ0) is 15.6.